The summed E-state index contributed by atoms with van der Waals surface area (Å²) in [5, 5.41) is 6.60. The number of thioether (sulfide) groups is 1. The average molecular weight is 290 g/mol. The van der Waals surface area contributed by atoms with E-state index in [4.69, 9.17) is 0 Å². The molecular formula is C16H22N2OS. The molecule has 0 radical (unpaired) electrons. The molecule has 1 aromatic rings. The first-order valence-corrected chi connectivity index (χ1v) is 8.25. The smallest absolute Gasteiger partial charge is 0.234 e. The van der Waals surface area contributed by atoms with Crippen molar-refractivity contribution in [1.29, 1.82) is 0 Å². The minimum absolute atomic E-state index is 0.0926. The van der Waals surface area contributed by atoms with Crippen LogP contribution in [0.2, 0.25) is 0 Å². The number of carbonyl (C=O) groups is 1. The summed E-state index contributed by atoms with van der Waals surface area (Å²) >= 11 is 1.61. The molecule has 2 N–H and O–H groups in total. The summed E-state index contributed by atoms with van der Waals surface area (Å²) in [5.41, 5.74) is 2.48. The predicted molar refractivity (Wildman–Crippen MR) is 85.4 cm³/mol. The summed E-state index contributed by atoms with van der Waals surface area (Å²) in [4.78, 5) is 12.6. The summed E-state index contributed by atoms with van der Waals surface area (Å²) in [6, 6.07) is 6.82. The third kappa shape index (κ3) is 2.80. The first-order chi connectivity index (χ1) is 9.43. The number of fused-ring (bicyclic) bond motifs is 1. The Balaban J connectivity index is 1.75. The van der Waals surface area contributed by atoms with Crippen molar-refractivity contribution in [3.05, 3.63) is 18.2 Å². The number of nitrogens with one attached hydrogen (secondary N) is 2. The minimum Gasteiger partial charge on any atom is -0.382 e. The lowest BCUT2D eigenvalue weighted by Gasteiger charge is -2.22. The Morgan fingerprint density at radius 3 is 2.85 bits per heavy atom. The maximum Gasteiger partial charge on any atom is 0.234 e. The topological polar surface area (TPSA) is 41.1 Å². The highest BCUT2D eigenvalue weighted by Crippen LogP contribution is 2.42. The zero-order chi connectivity index (χ0) is 14.3. The number of amides is 1. The molecule has 1 heterocycles. The van der Waals surface area contributed by atoms with Crippen molar-refractivity contribution in [3.63, 3.8) is 0 Å². The van der Waals surface area contributed by atoms with Crippen LogP contribution in [-0.2, 0) is 4.79 Å². The molecule has 0 saturated heterocycles. The molecule has 2 atom stereocenters. The summed E-state index contributed by atoms with van der Waals surface area (Å²) in [6.45, 7) is 7.01. The van der Waals surface area contributed by atoms with E-state index in [0.29, 0.717) is 23.1 Å². The molecule has 1 aromatic carbocycles. The molecule has 108 valence electrons. The fourth-order valence-corrected chi connectivity index (χ4v) is 4.26. The van der Waals surface area contributed by atoms with Crippen LogP contribution in [0.25, 0.3) is 0 Å². The van der Waals surface area contributed by atoms with Crippen molar-refractivity contribution >= 4 is 29.0 Å². The number of anilines is 2. The van der Waals surface area contributed by atoms with E-state index in [-0.39, 0.29) is 5.91 Å². The highest BCUT2D eigenvalue weighted by atomic mass is 32.2. The Morgan fingerprint density at radius 2 is 2.15 bits per heavy atom. The highest BCUT2D eigenvalue weighted by Gasteiger charge is 2.36. The molecule has 0 aromatic heterocycles. The van der Waals surface area contributed by atoms with Crippen LogP contribution in [0.3, 0.4) is 0 Å². The zero-order valence-electron chi connectivity index (χ0n) is 12.3. The van der Waals surface area contributed by atoms with Crippen molar-refractivity contribution in [1.82, 2.24) is 0 Å². The van der Waals surface area contributed by atoms with Gasteiger partial charge in [-0.05, 0) is 42.4 Å². The molecule has 1 aliphatic carbocycles. The van der Waals surface area contributed by atoms with Crippen LogP contribution in [0.4, 0.5) is 11.4 Å². The van der Waals surface area contributed by atoms with Crippen LogP contribution in [0, 0.1) is 11.3 Å². The van der Waals surface area contributed by atoms with Gasteiger partial charge in [-0.1, -0.05) is 20.8 Å². The molecule has 0 spiro atoms. The molecule has 3 rings (SSSR count). The van der Waals surface area contributed by atoms with Gasteiger partial charge in [-0.2, -0.15) is 0 Å². The molecule has 1 amide bonds. The molecule has 3 nitrogen and oxygen atoms in total. The number of hydrogen-bond acceptors (Lipinski definition) is 3. The van der Waals surface area contributed by atoms with E-state index in [1.165, 1.54) is 12.8 Å². The van der Waals surface area contributed by atoms with Crippen LogP contribution in [0.1, 0.15) is 33.6 Å². The van der Waals surface area contributed by atoms with Crippen LogP contribution in [0.15, 0.2) is 23.1 Å². The van der Waals surface area contributed by atoms with Gasteiger partial charge in [0.1, 0.15) is 0 Å². The Labute approximate surface area is 124 Å². The third-order valence-electron chi connectivity index (χ3n) is 4.30. The molecule has 1 fully saturated rings. The van der Waals surface area contributed by atoms with Gasteiger partial charge >= 0.3 is 0 Å². The molecule has 2 unspecified atom stereocenters. The van der Waals surface area contributed by atoms with Crippen molar-refractivity contribution in [2.75, 3.05) is 16.4 Å². The Kier molecular flexibility index (Phi) is 3.44. The van der Waals surface area contributed by atoms with Gasteiger partial charge in [0.15, 0.2) is 0 Å². The van der Waals surface area contributed by atoms with Crippen molar-refractivity contribution in [2.24, 2.45) is 11.3 Å². The van der Waals surface area contributed by atoms with Crippen LogP contribution in [0.5, 0.6) is 0 Å². The number of benzene rings is 1. The quantitative estimate of drug-likeness (QED) is 0.866. The van der Waals surface area contributed by atoms with E-state index in [9.17, 15) is 4.79 Å². The van der Waals surface area contributed by atoms with Crippen molar-refractivity contribution in [3.8, 4) is 0 Å². The molecular weight excluding hydrogens is 268 g/mol. The number of carbonyl (C=O) groups excluding carboxylic acids is 1. The molecule has 4 heteroatoms. The SMILES string of the molecule is CC1CC(C)(C)CC1Nc1ccc2c(c1)NC(=O)CS2. The van der Waals surface area contributed by atoms with E-state index < -0.39 is 0 Å². The molecule has 1 aliphatic heterocycles. The molecule has 2 aliphatic rings. The van der Waals surface area contributed by atoms with Gasteiger partial charge < -0.3 is 10.6 Å². The third-order valence-corrected chi connectivity index (χ3v) is 5.37. The molecule has 20 heavy (non-hydrogen) atoms. The number of rotatable bonds is 2. The first kappa shape index (κ1) is 13.8. The second-order valence-corrected chi connectivity index (χ2v) is 7.87. The van der Waals surface area contributed by atoms with Crippen LogP contribution in [-0.4, -0.2) is 17.7 Å². The van der Waals surface area contributed by atoms with Gasteiger partial charge in [0.2, 0.25) is 5.91 Å². The Hall–Kier alpha value is -1.16. The van der Waals surface area contributed by atoms with E-state index in [0.717, 1.165) is 16.3 Å². The number of hydrogen-bond donors (Lipinski definition) is 2. The maximum absolute atomic E-state index is 11.5. The lowest BCUT2D eigenvalue weighted by atomic mass is 9.91. The lowest BCUT2D eigenvalue weighted by molar-refractivity contribution is -0.113. The maximum atomic E-state index is 11.5. The fourth-order valence-electron chi connectivity index (χ4n) is 3.47. The highest BCUT2D eigenvalue weighted by molar-refractivity contribution is 8.00. The van der Waals surface area contributed by atoms with E-state index in [2.05, 4.69) is 49.6 Å². The Morgan fingerprint density at radius 1 is 1.35 bits per heavy atom. The summed E-state index contributed by atoms with van der Waals surface area (Å²) in [6.07, 6.45) is 2.47. The molecule has 0 bridgehead atoms. The van der Waals surface area contributed by atoms with Crippen LogP contribution >= 0.6 is 11.8 Å². The predicted octanol–water partition coefficient (Wildman–Crippen LogP) is 3.97. The van der Waals surface area contributed by atoms with Gasteiger partial charge in [0.05, 0.1) is 11.4 Å². The summed E-state index contributed by atoms with van der Waals surface area (Å²) in [7, 11) is 0. The van der Waals surface area contributed by atoms with E-state index in [1.807, 2.05) is 0 Å². The lowest BCUT2D eigenvalue weighted by Crippen LogP contribution is -2.23. The van der Waals surface area contributed by atoms with Crippen LogP contribution < -0.4 is 10.6 Å². The van der Waals surface area contributed by atoms with Crippen molar-refractivity contribution < 1.29 is 4.79 Å². The van der Waals surface area contributed by atoms with Gasteiger partial charge in [0.25, 0.3) is 0 Å². The standard InChI is InChI=1S/C16H22N2OS/c1-10-7-16(2,3)8-13(10)17-11-4-5-14-12(6-11)18-15(19)9-20-14/h4-6,10,13,17H,7-9H2,1-3H3,(H,18,19). The van der Waals surface area contributed by atoms with Gasteiger partial charge in [-0.25, -0.2) is 0 Å². The minimum atomic E-state index is 0.0926. The summed E-state index contributed by atoms with van der Waals surface area (Å²) in [5.74, 6) is 1.30. The van der Waals surface area contributed by atoms with Gasteiger partial charge in [-0.3, -0.25) is 4.79 Å². The zero-order valence-corrected chi connectivity index (χ0v) is 13.1. The van der Waals surface area contributed by atoms with Crippen molar-refractivity contribution in [2.45, 2.75) is 44.6 Å². The first-order valence-electron chi connectivity index (χ1n) is 7.26. The normalized spacial score (nSPS) is 27.9. The van der Waals surface area contributed by atoms with Gasteiger partial charge in [0, 0.05) is 16.6 Å². The van der Waals surface area contributed by atoms with E-state index in [1.54, 1.807) is 11.8 Å². The monoisotopic (exact) mass is 290 g/mol. The second kappa shape index (κ2) is 4.99. The van der Waals surface area contributed by atoms with E-state index >= 15 is 0 Å². The molecule has 1 saturated carbocycles. The van der Waals surface area contributed by atoms with Gasteiger partial charge in [-0.15, -0.1) is 11.8 Å². The average Bonchev–Trinajstić information content (AvgIpc) is 2.61. The summed E-state index contributed by atoms with van der Waals surface area (Å²) < 4.78 is 0. The fraction of sp³-hybridized carbons (Fsp3) is 0.562. The second-order valence-electron chi connectivity index (χ2n) is 6.85. The largest absolute Gasteiger partial charge is 0.382 e. The Bertz CT molecular complexity index is 541.